The number of rotatable bonds is 0. The monoisotopic (exact) mass is 220 g/mol. The van der Waals surface area contributed by atoms with Crippen LogP contribution in [0.4, 0.5) is 0 Å². The van der Waals surface area contributed by atoms with Crippen LogP contribution in [-0.2, 0) is 4.79 Å². The lowest BCUT2D eigenvalue weighted by Gasteiger charge is -2.79. The van der Waals surface area contributed by atoms with Gasteiger partial charge in [-0.25, -0.2) is 0 Å². The second-order valence-electron chi connectivity index (χ2n) is 8.27. The van der Waals surface area contributed by atoms with Gasteiger partial charge in [0.1, 0.15) is 5.78 Å². The van der Waals surface area contributed by atoms with Crippen molar-refractivity contribution in [1.82, 2.24) is 0 Å². The van der Waals surface area contributed by atoms with E-state index in [1.807, 2.05) is 0 Å². The summed E-state index contributed by atoms with van der Waals surface area (Å²) in [5, 5.41) is 0. The lowest BCUT2D eigenvalue weighted by Crippen LogP contribution is -2.79. The summed E-state index contributed by atoms with van der Waals surface area (Å²) in [6.07, 6.45) is 2.24. The molecule has 0 aromatic carbocycles. The second kappa shape index (κ2) is 2.28. The highest BCUT2D eigenvalue weighted by Crippen LogP contribution is 2.81. The van der Waals surface area contributed by atoms with Gasteiger partial charge in [0, 0.05) is 10.8 Å². The summed E-state index contributed by atoms with van der Waals surface area (Å²) >= 11 is 0. The van der Waals surface area contributed by atoms with Gasteiger partial charge >= 0.3 is 0 Å². The van der Waals surface area contributed by atoms with Crippen molar-refractivity contribution in [2.75, 3.05) is 0 Å². The molecule has 0 spiro atoms. The fourth-order valence-corrected chi connectivity index (χ4v) is 6.11. The molecule has 1 heteroatoms. The third kappa shape index (κ3) is 0.762. The molecule has 0 saturated heterocycles. The van der Waals surface area contributed by atoms with E-state index in [0.717, 1.165) is 18.8 Å². The van der Waals surface area contributed by atoms with Gasteiger partial charge in [0.25, 0.3) is 0 Å². The zero-order valence-corrected chi connectivity index (χ0v) is 11.5. The zero-order valence-electron chi connectivity index (χ0n) is 11.5. The van der Waals surface area contributed by atoms with Gasteiger partial charge in [0.2, 0.25) is 0 Å². The van der Waals surface area contributed by atoms with Gasteiger partial charge in [-0.3, -0.25) is 4.79 Å². The maximum absolute atomic E-state index is 12.8. The number of hydrogen-bond acceptors (Lipinski definition) is 1. The Morgan fingerprint density at radius 2 is 1.62 bits per heavy atom. The van der Waals surface area contributed by atoms with Crippen LogP contribution in [0.25, 0.3) is 0 Å². The highest BCUT2D eigenvalue weighted by molar-refractivity contribution is 5.95. The molecular formula is C15H24O. The van der Waals surface area contributed by atoms with E-state index in [1.165, 1.54) is 0 Å². The first-order valence-corrected chi connectivity index (χ1v) is 6.62. The highest BCUT2D eigenvalue weighted by atomic mass is 16.1. The Morgan fingerprint density at radius 3 is 2.19 bits per heavy atom. The van der Waals surface area contributed by atoms with E-state index in [9.17, 15) is 4.79 Å². The summed E-state index contributed by atoms with van der Waals surface area (Å²) in [6, 6.07) is 0. The number of fused-ring (bicyclic) bond motifs is 1. The van der Waals surface area contributed by atoms with Crippen LogP contribution in [0.5, 0.6) is 0 Å². The maximum Gasteiger partial charge on any atom is 0.145 e. The molecule has 4 bridgehead atoms. The Morgan fingerprint density at radius 1 is 1.06 bits per heavy atom. The third-order valence-electron chi connectivity index (χ3n) is 6.67. The van der Waals surface area contributed by atoms with Crippen LogP contribution >= 0.6 is 0 Å². The van der Waals surface area contributed by atoms with Crippen molar-refractivity contribution in [3.05, 3.63) is 0 Å². The van der Waals surface area contributed by atoms with Gasteiger partial charge in [0.15, 0.2) is 0 Å². The molecule has 5 saturated carbocycles. The van der Waals surface area contributed by atoms with Crippen molar-refractivity contribution in [3.8, 4) is 0 Å². The molecule has 0 N–H and O–H groups in total. The first-order chi connectivity index (χ1) is 7.07. The Bertz CT molecular complexity index is 392. The van der Waals surface area contributed by atoms with Crippen molar-refractivity contribution in [2.45, 2.75) is 54.4 Å². The van der Waals surface area contributed by atoms with Crippen LogP contribution in [0.3, 0.4) is 0 Å². The third-order valence-corrected chi connectivity index (χ3v) is 6.67. The fraction of sp³-hybridized carbons (Fsp3) is 0.933. The van der Waals surface area contributed by atoms with E-state index in [-0.39, 0.29) is 16.2 Å². The molecule has 1 nitrogen and oxygen atoms in total. The molecule has 5 fully saturated rings. The van der Waals surface area contributed by atoms with E-state index in [2.05, 4.69) is 41.5 Å². The normalized spacial score (nSPS) is 56.0. The molecular weight excluding hydrogens is 196 g/mol. The molecule has 0 aliphatic heterocycles. The van der Waals surface area contributed by atoms with Crippen LogP contribution in [0.15, 0.2) is 0 Å². The number of hydrogen-bond donors (Lipinski definition) is 0. The van der Waals surface area contributed by atoms with Crippen LogP contribution in [0.2, 0.25) is 0 Å². The van der Waals surface area contributed by atoms with Crippen LogP contribution in [0.1, 0.15) is 54.4 Å². The van der Waals surface area contributed by atoms with E-state index in [1.54, 1.807) is 0 Å². The maximum atomic E-state index is 12.8. The Kier molecular flexibility index (Phi) is 1.54. The average Bonchev–Trinajstić information content (AvgIpc) is 2.10. The SMILES string of the molecule is CC12CC3C(C(C)(C)C1)C(C)(C2=O)C3(C)C. The van der Waals surface area contributed by atoms with E-state index in [0.29, 0.717) is 17.1 Å². The van der Waals surface area contributed by atoms with Crippen molar-refractivity contribution < 1.29 is 4.79 Å². The molecule has 0 heterocycles. The molecule has 0 aromatic heterocycles. The summed E-state index contributed by atoms with van der Waals surface area (Å²) in [5.74, 6) is 1.96. The quantitative estimate of drug-likeness (QED) is 0.608. The van der Waals surface area contributed by atoms with Gasteiger partial charge in [-0.1, -0.05) is 41.5 Å². The van der Waals surface area contributed by atoms with Crippen molar-refractivity contribution in [3.63, 3.8) is 0 Å². The van der Waals surface area contributed by atoms with Gasteiger partial charge in [-0.05, 0) is 35.5 Å². The molecule has 5 rings (SSSR count). The molecule has 0 amide bonds. The molecule has 90 valence electrons. The minimum Gasteiger partial charge on any atom is -0.298 e. The number of Topliss-reactive ketones (excluding diaryl/α,β-unsaturated/α-hetero) is 1. The van der Waals surface area contributed by atoms with E-state index >= 15 is 0 Å². The number of carbonyl (C=O) groups is 1. The Balaban J connectivity index is 2.19. The van der Waals surface area contributed by atoms with Crippen molar-refractivity contribution in [1.29, 1.82) is 0 Å². The lowest BCUT2D eigenvalue weighted by atomic mass is 9.23. The number of ketones is 1. The number of carbonyl (C=O) groups excluding carboxylic acids is 1. The molecule has 0 radical (unpaired) electrons. The fourth-order valence-electron chi connectivity index (χ4n) is 6.11. The molecule has 5 aliphatic carbocycles. The summed E-state index contributed by atoms with van der Waals surface area (Å²) in [7, 11) is 0. The van der Waals surface area contributed by atoms with Gasteiger partial charge in [-0.15, -0.1) is 0 Å². The predicted octanol–water partition coefficient (Wildman–Crippen LogP) is 3.67. The Hall–Kier alpha value is -0.330. The van der Waals surface area contributed by atoms with Gasteiger partial charge in [0.05, 0.1) is 0 Å². The van der Waals surface area contributed by atoms with Gasteiger partial charge < -0.3 is 0 Å². The summed E-state index contributed by atoms with van der Waals surface area (Å²) < 4.78 is 0. The first kappa shape index (κ1) is 10.8. The lowest BCUT2D eigenvalue weighted by molar-refractivity contribution is -0.289. The highest BCUT2D eigenvalue weighted by Gasteiger charge is 2.80. The topological polar surface area (TPSA) is 17.1 Å². The van der Waals surface area contributed by atoms with E-state index < -0.39 is 0 Å². The molecule has 0 aromatic rings. The summed E-state index contributed by atoms with van der Waals surface area (Å²) in [5.41, 5.74) is 0.515. The summed E-state index contributed by atoms with van der Waals surface area (Å²) in [4.78, 5) is 12.8. The van der Waals surface area contributed by atoms with Crippen molar-refractivity contribution >= 4 is 5.78 Å². The van der Waals surface area contributed by atoms with Crippen LogP contribution < -0.4 is 0 Å². The minimum atomic E-state index is -0.0492. The first-order valence-electron chi connectivity index (χ1n) is 6.62. The Labute approximate surface area is 99.0 Å². The van der Waals surface area contributed by atoms with Crippen LogP contribution in [0, 0.1) is 33.5 Å². The second-order valence-corrected chi connectivity index (χ2v) is 8.27. The molecule has 4 unspecified atom stereocenters. The van der Waals surface area contributed by atoms with Crippen molar-refractivity contribution in [2.24, 2.45) is 33.5 Å². The minimum absolute atomic E-state index is 0.0206. The van der Waals surface area contributed by atoms with E-state index in [4.69, 9.17) is 0 Å². The van der Waals surface area contributed by atoms with Crippen LogP contribution in [-0.4, -0.2) is 5.78 Å². The van der Waals surface area contributed by atoms with Gasteiger partial charge in [-0.2, -0.15) is 0 Å². The largest absolute Gasteiger partial charge is 0.298 e. The molecule has 4 atom stereocenters. The zero-order chi connectivity index (χ0) is 12.1. The predicted molar refractivity (Wildman–Crippen MR) is 65.0 cm³/mol. The average molecular weight is 220 g/mol. The summed E-state index contributed by atoms with van der Waals surface area (Å²) in [6.45, 7) is 13.8. The molecule has 16 heavy (non-hydrogen) atoms. The molecule has 5 aliphatic rings. The smallest absolute Gasteiger partial charge is 0.145 e. The standard InChI is InChI=1S/C15H24O/c1-12(2)8-14(5)7-9-10(12)15(6,11(14)16)13(9,3)4/h9-10H,7-8H2,1-6H3.